The van der Waals surface area contributed by atoms with Gasteiger partial charge >= 0.3 is 0 Å². The van der Waals surface area contributed by atoms with Crippen molar-refractivity contribution in [1.29, 1.82) is 0 Å². The summed E-state index contributed by atoms with van der Waals surface area (Å²) in [5, 5.41) is 6.17. The second-order valence-corrected chi connectivity index (χ2v) is 5.92. The molecule has 0 aromatic carbocycles. The fourth-order valence-electron chi connectivity index (χ4n) is 1.84. The average molecular weight is 289 g/mol. The number of nitrogens with zero attached hydrogens (tertiary/aromatic N) is 1. The molecule has 2 N–H and O–H groups in total. The van der Waals surface area contributed by atoms with Crippen LogP contribution in [0.15, 0.2) is 30.6 Å². The number of aryl methyl sites for hydroxylation is 1. The summed E-state index contributed by atoms with van der Waals surface area (Å²) < 4.78 is 0. The number of carbonyl (C=O) groups excluding carboxylic acids is 1. The van der Waals surface area contributed by atoms with Gasteiger partial charge in [0, 0.05) is 22.5 Å². The molecule has 2 aromatic heterocycles. The van der Waals surface area contributed by atoms with E-state index in [1.54, 1.807) is 29.8 Å². The molecule has 0 saturated heterocycles. The maximum atomic E-state index is 12.2. The molecule has 0 aliphatic rings. The maximum Gasteiger partial charge on any atom is 0.253 e. The van der Waals surface area contributed by atoms with E-state index in [4.69, 9.17) is 0 Å². The number of carbonyl (C=O) groups is 1. The van der Waals surface area contributed by atoms with Crippen LogP contribution >= 0.6 is 11.3 Å². The lowest BCUT2D eigenvalue weighted by atomic mass is 10.2. The monoisotopic (exact) mass is 289 g/mol. The highest BCUT2D eigenvalue weighted by Crippen LogP contribution is 2.16. The minimum atomic E-state index is -0.0722. The van der Waals surface area contributed by atoms with Gasteiger partial charge < -0.3 is 10.6 Å². The lowest BCUT2D eigenvalue weighted by Gasteiger charge is -2.10. The zero-order chi connectivity index (χ0) is 14.4. The summed E-state index contributed by atoms with van der Waals surface area (Å²) in [4.78, 5) is 18.7. The Balaban J connectivity index is 2.01. The van der Waals surface area contributed by atoms with Crippen LogP contribution in [0.5, 0.6) is 0 Å². The second-order valence-electron chi connectivity index (χ2n) is 4.54. The van der Waals surface area contributed by atoms with Crippen LogP contribution in [0.2, 0.25) is 0 Å². The molecule has 2 heterocycles. The Morgan fingerprint density at radius 1 is 1.35 bits per heavy atom. The van der Waals surface area contributed by atoms with Crippen LogP contribution < -0.4 is 10.6 Å². The van der Waals surface area contributed by atoms with Crippen molar-refractivity contribution >= 4 is 22.9 Å². The lowest BCUT2D eigenvalue weighted by Crippen LogP contribution is -2.23. The fourth-order valence-corrected chi connectivity index (χ4v) is 2.67. The summed E-state index contributed by atoms with van der Waals surface area (Å²) in [5.41, 5.74) is 1.43. The van der Waals surface area contributed by atoms with Gasteiger partial charge in [0.2, 0.25) is 0 Å². The zero-order valence-corrected chi connectivity index (χ0v) is 12.6. The molecule has 0 saturated carbocycles. The van der Waals surface area contributed by atoms with Crippen molar-refractivity contribution in [2.24, 2.45) is 0 Å². The molecule has 0 spiro atoms. The van der Waals surface area contributed by atoms with E-state index in [2.05, 4.69) is 35.5 Å². The molecule has 20 heavy (non-hydrogen) atoms. The molecule has 0 bridgehead atoms. The molecule has 0 unspecified atom stereocenters. The van der Waals surface area contributed by atoms with Crippen LogP contribution in [0, 0.1) is 6.92 Å². The van der Waals surface area contributed by atoms with Crippen LogP contribution in [0.4, 0.5) is 5.69 Å². The quantitative estimate of drug-likeness (QED) is 0.858. The Morgan fingerprint density at radius 2 is 2.20 bits per heavy atom. The Hall–Kier alpha value is -1.88. The predicted molar refractivity (Wildman–Crippen MR) is 83.2 cm³/mol. The number of hydrogen-bond acceptors (Lipinski definition) is 4. The summed E-state index contributed by atoms with van der Waals surface area (Å²) >= 11 is 1.70. The van der Waals surface area contributed by atoms with E-state index in [-0.39, 0.29) is 5.91 Å². The third-order valence-corrected chi connectivity index (χ3v) is 3.85. The standard InChI is InChI=1S/C15H19N3OS/c1-3-7-17-14-10-16-8-6-13(14)15(19)18-9-12-5-4-11(2)20-12/h4-6,8,10,17H,3,7,9H2,1-2H3,(H,18,19). The minimum Gasteiger partial charge on any atom is -0.383 e. The highest BCUT2D eigenvalue weighted by Gasteiger charge is 2.11. The summed E-state index contributed by atoms with van der Waals surface area (Å²) in [6, 6.07) is 5.85. The van der Waals surface area contributed by atoms with Gasteiger partial charge in [-0.1, -0.05) is 6.92 Å². The van der Waals surface area contributed by atoms with E-state index in [0.29, 0.717) is 12.1 Å². The number of rotatable bonds is 6. The molecule has 5 heteroatoms. The van der Waals surface area contributed by atoms with Gasteiger partial charge in [0.15, 0.2) is 0 Å². The van der Waals surface area contributed by atoms with Gasteiger partial charge in [-0.05, 0) is 31.5 Å². The van der Waals surface area contributed by atoms with Crippen LogP contribution in [-0.2, 0) is 6.54 Å². The van der Waals surface area contributed by atoms with E-state index in [0.717, 1.165) is 23.5 Å². The predicted octanol–water partition coefficient (Wildman–Crippen LogP) is 3.20. The van der Waals surface area contributed by atoms with Crippen LogP contribution in [0.3, 0.4) is 0 Å². The summed E-state index contributed by atoms with van der Waals surface area (Å²) in [5.74, 6) is -0.0722. The van der Waals surface area contributed by atoms with E-state index in [1.807, 2.05) is 6.07 Å². The van der Waals surface area contributed by atoms with Crippen molar-refractivity contribution in [3.63, 3.8) is 0 Å². The zero-order valence-electron chi connectivity index (χ0n) is 11.8. The normalized spacial score (nSPS) is 10.3. The molecule has 106 valence electrons. The molecule has 2 rings (SSSR count). The second kappa shape index (κ2) is 7.05. The van der Waals surface area contributed by atoms with E-state index >= 15 is 0 Å². The first kappa shape index (κ1) is 14.5. The highest BCUT2D eigenvalue weighted by atomic mass is 32.1. The van der Waals surface area contributed by atoms with Crippen molar-refractivity contribution in [1.82, 2.24) is 10.3 Å². The third kappa shape index (κ3) is 3.81. The van der Waals surface area contributed by atoms with Crippen LogP contribution in [0.25, 0.3) is 0 Å². The number of hydrogen-bond donors (Lipinski definition) is 2. The molecule has 1 amide bonds. The molecule has 4 nitrogen and oxygen atoms in total. The molecule has 0 atom stereocenters. The number of amides is 1. The van der Waals surface area contributed by atoms with Gasteiger partial charge in [-0.15, -0.1) is 11.3 Å². The molecule has 0 aliphatic heterocycles. The summed E-state index contributed by atoms with van der Waals surface area (Å²) in [6.07, 6.45) is 4.34. The fraction of sp³-hybridized carbons (Fsp3) is 0.333. The summed E-state index contributed by atoms with van der Waals surface area (Å²) in [6.45, 7) is 5.54. The average Bonchev–Trinajstić information content (AvgIpc) is 2.88. The number of aromatic nitrogens is 1. The van der Waals surface area contributed by atoms with Crippen molar-refractivity contribution in [2.75, 3.05) is 11.9 Å². The van der Waals surface area contributed by atoms with Crippen LogP contribution in [-0.4, -0.2) is 17.4 Å². The molecular weight excluding hydrogens is 270 g/mol. The minimum absolute atomic E-state index is 0.0722. The Labute approximate surface area is 123 Å². The number of nitrogens with one attached hydrogen (secondary N) is 2. The van der Waals surface area contributed by atoms with E-state index < -0.39 is 0 Å². The number of anilines is 1. The number of thiophene rings is 1. The van der Waals surface area contributed by atoms with Crippen molar-refractivity contribution < 1.29 is 4.79 Å². The largest absolute Gasteiger partial charge is 0.383 e. The van der Waals surface area contributed by atoms with Gasteiger partial charge in [0.05, 0.1) is 24.0 Å². The first-order valence-corrected chi connectivity index (χ1v) is 7.53. The molecule has 0 aliphatic carbocycles. The molecule has 0 radical (unpaired) electrons. The Kier molecular flexibility index (Phi) is 5.12. The summed E-state index contributed by atoms with van der Waals surface area (Å²) in [7, 11) is 0. The van der Waals surface area contributed by atoms with E-state index in [9.17, 15) is 4.79 Å². The van der Waals surface area contributed by atoms with Gasteiger partial charge in [-0.3, -0.25) is 9.78 Å². The first-order chi connectivity index (χ1) is 9.70. The van der Waals surface area contributed by atoms with E-state index in [1.165, 1.54) is 4.88 Å². The van der Waals surface area contributed by atoms with Crippen molar-refractivity contribution in [3.8, 4) is 0 Å². The van der Waals surface area contributed by atoms with Gasteiger partial charge in [0.1, 0.15) is 0 Å². The van der Waals surface area contributed by atoms with Gasteiger partial charge in [0.25, 0.3) is 5.91 Å². The molecule has 0 fully saturated rings. The maximum absolute atomic E-state index is 12.2. The smallest absolute Gasteiger partial charge is 0.253 e. The van der Waals surface area contributed by atoms with Crippen LogP contribution in [0.1, 0.15) is 33.5 Å². The molecule has 2 aromatic rings. The van der Waals surface area contributed by atoms with Crippen molar-refractivity contribution in [2.45, 2.75) is 26.8 Å². The molecular formula is C15H19N3OS. The van der Waals surface area contributed by atoms with Crippen molar-refractivity contribution in [3.05, 3.63) is 45.9 Å². The topological polar surface area (TPSA) is 54.0 Å². The number of pyridine rings is 1. The lowest BCUT2D eigenvalue weighted by molar-refractivity contribution is 0.0952. The first-order valence-electron chi connectivity index (χ1n) is 6.72. The SMILES string of the molecule is CCCNc1cnccc1C(=O)NCc1ccc(C)s1. The van der Waals surface area contributed by atoms with Gasteiger partial charge in [-0.25, -0.2) is 0 Å². The third-order valence-electron chi connectivity index (χ3n) is 2.85. The Bertz CT molecular complexity index is 580. The van der Waals surface area contributed by atoms with Gasteiger partial charge in [-0.2, -0.15) is 0 Å². The Morgan fingerprint density at radius 3 is 2.90 bits per heavy atom. The highest BCUT2D eigenvalue weighted by molar-refractivity contribution is 7.11.